The molecule has 1 saturated heterocycles. The first-order chi connectivity index (χ1) is 11.7. The largest absolute Gasteiger partial charge is 0.382 e. The molecule has 1 fully saturated rings. The van der Waals surface area contributed by atoms with Gasteiger partial charge >= 0.3 is 0 Å². The summed E-state index contributed by atoms with van der Waals surface area (Å²) in [6, 6.07) is 0. The van der Waals surface area contributed by atoms with Crippen LogP contribution in [0.4, 0.5) is 11.8 Å². The van der Waals surface area contributed by atoms with Crippen LogP contribution in [-0.2, 0) is 6.54 Å². The van der Waals surface area contributed by atoms with Gasteiger partial charge in [-0.1, -0.05) is 0 Å². The van der Waals surface area contributed by atoms with Crippen molar-refractivity contribution >= 4 is 22.9 Å². The van der Waals surface area contributed by atoms with Crippen LogP contribution in [0.25, 0.3) is 11.2 Å². The predicted molar refractivity (Wildman–Crippen MR) is 89.8 cm³/mol. The van der Waals surface area contributed by atoms with Gasteiger partial charge in [-0.05, 0) is 25.9 Å². The first-order valence-corrected chi connectivity index (χ1v) is 7.94. The van der Waals surface area contributed by atoms with E-state index in [-0.39, 0.29) is 5.95 Å². The number of nitrogens with zero attached hydrogens (tertiary/aromatic N) is 6. The van der Waals surface area contributed by atoms with Crippen LogP contribution in [0.3, 0.4) is 0 Å². The zero-order valence-corrected chi connectivity index (χ0v) is 13.2. The van der Waals surface area contributed by atoms with E-state index in [0.717, 1.165) is 43.9 Å². The van der Waals surface area contributed by atoms with Crippen molar-refractivity contribution < 1.29 is 0 Å². The van der Waals surface area contributed by atoms with Gasteiger partial charge in [-0.15, -0.1) is 0 Å². The second-order valence-electron chi connectivity index (χ2n) is 6.08. The van der Waals surface area contributed by atoms with Crippen LogP contribution < -0.4 is 11.5 Å². The molecule has 0 aromatic carbocycles. The summed E-state index contributed by atoms with van der Waals surface area (Å²) < 4.78 is 0. The first-order valence-electron chi connectivity index (χ1n) is 7.94. The zero-order chi connectivity index (χ0) is 16.5. The number of aromatic amines is 1. The Balaban J connectivity index is 1.45. The Morgan fingerprint density at radius 3 is 2.58 bits per heavy atom. The maximum atomic E-state index is 5.89. The molecule has 0 atom stereocenters. The van der Waals surface area contributed by atoms with Crippen molar-refractivity contribution in [1.82, 2.24) is 34.8 Å². The lowest BCUT2D eigenvalue weighted by Gasteiger charge is -2.30. The number of piperidine rings is 1. The van der Waals surface area contributed by atoms with Crippen molar-refractivity contribution in [2.75, 3.05) is 24.6 Å². The third-order valence-electron chi connectivity index (χ3n) is 4.41. The molecule has 1 aliphatic heterocycles. The summed E-state index contributed by atoms with van der Waals surface area (Å²) in [5.74, 6) is 1.78. The fourth-order valence-electron chi connectivity index (χ4n) is 3.18. The lowest BCUT2D eigenvalue weighted by Crippen LogP contribution is -2.32. The number of likely N-dealkylation sites (tertiary alicyclic amines) is 1. The maximum Gasteiger partial charge on any atom is 0.224 e. The Morgan fingerprint density at radius 2 is 1.83 bits per heavy atom. The SMILES string of the molecule is Nc1nc(N)c2[nH]c(C3CCN(Cc4cncnc4)CC3)nc2n1. The highest BCUT2D eigenvalue weighted by atomic mass is 15.1. The quantitative estimate of drug-likeness (QED) is 0.640. The summed E-state index contributed by atoms with van der Waals surface area (Å²) >= 11 is 0. The standard InChI is InChI=1S/C15H19N9/c16-12-11-14(23-15(17)21-12)22-13(20-11)10-1-3-24(4-2-10)7-9-5-18-8-19-6-9/h5-6,8,10H,1-4,7H2,(H5,16,17,20,21,22,23). The number of imidazole rings is 1. The van der Waals surface area contributed by atoms with E-state index in [4.69, 9.17) is 11.5 Å². The summed E-state index contributed by atoms with van der Waals surface area (Å²) in [5, 5.41) is 0. The van der Waals surface area contributed by atoms with Crippen LogP contribution in [0.5, 0.6) is 0 Å². The van der Waals surface area contributed by atoms with Crippen LogP contribution in [0, 0.1) is 0 Å². The molecule has 9 nitrogen and oxygen atoms in total. The van der Waals surface area contributed by atoms with Gasteiger partial charge in [0.25, 0.3) is 0 Å². The van der Waals surface area contributed by atoms with Crippen molar-refractivity contribution in [2.45, 2.75) is 25.3 Å². The summed E-state index contributed by atoms with van der Waals surface area (Å²) in [6.07, 6.45) is 7.33. The molecule has 0 saturated carbocycles. The van der Waals surface area contributed by atoms with E-state index in [2.05, 4.69) is 34.8 Å². The minimum atomic E-state index is 0.151. The highest BCUT2D eigenvalue weighted by molar-refractivity contribution is 5.82. The van der Waals surface area contributed by atoms with Gasteiger partial charge in [0.15, 0.2) is 11.5 Å². The van der Waals surface area contributed by atoms with Gasteiger partial charge in [0.05, 0.1) is 0 Å². The number of nitrogens with one attached hydrogen (secondary N) is 1. The van der Waals surface area contributed by atoms with Crippen LogP contribution in [0.2, 0.25) is 0 Å². The van der Waals surface area contributed by atoms with Crippen molar-refractivity contribution in [1.29, 1.82) is 0 Å². The molecule has 0 aliphatic carbocycles. The highest BCUT2D eigenvalue weighted by Crippen LogP contribution is 2.29. The van der Waals surface area contributed by atoms with Gasteiger partial charge < -0.3 is 16.5 Å². The molecule has 3 aromatic heterocycles. The van der Waals surface area contributed by atoms with Crippen molar-refractivity contribution in [3.8, 4) is 0 Å². The number of fused-ring (bicyclic) bond motifs is 1. The molecule has 3 aromatic rings. The van der Waals surface area contributed by atoms with E-state index >= 15 is 0 Å². The summed E-state index contributed by atoms with van der Waals surface area (Å²) in [7, 11) is 0. The number of hydrogen-bond acceptors (Lipinski definition) is 8. The Kier molecular flexibility index (Phi) is 3.69. The number of hydrogen-bond donors (Lipinski definition) is 3. The molecule has 4 heterocycles. The van der Waals surface area contributed by atoms with Crippen LogP contribution in [0.15, 0.2) is 18.7 Å². The van der Waals surface area contributed by atoms with Gasteiger partial charge in [-0.3, -0.25) is 4.90 Å². The number of aromatic nitrogens is 6. The number of nitrogen functional groups attached to an aromatic ring is 2. The second kappa shape index (κ2) is 6.00. The van der Waals surface area contributed by atoms with Gasteiger partial charge in [0.1, 0.15) is 17.7 Å². The summed E-state index contributed by atoms with van der Waals surface area (Å²) in [6.45, 7) is 2.88. The molecular weight excluding hydrogens is 306 g/mol. The molecule has 9 heteroatoms. The molecule has 0 amide bonds. The number of H-pyrrole nitrogens is 1. The smallest absolute Gasteiger partial charge is 0.224 e. The van der Waals surface area contributed by atoms with Gasteiger partial charge in [0, 0.05) is 30.4 Å². The van der Waals surface area contributed by atoms with Crippen LogP contribution in [0.1, 0.15) is 30.1 Å². The summed E-state index contributed by atoms with van der Waals surface area (Å²) in [5.41, 5.74) is 13.9. The highest BCUT2D eigenvalue weighted by Gasteiger charge is 2.24. The molecule has 24 heavy (non-hydrogen) atoms. The van der Waals surface area contributed by atoms with E-state index in [1.165, 1.54) is 0 Å². The molecule has 0 bridgehead atoms. The fourth-order valence-corrected chi connectivity index (χ4v) is 3.18. The summed E-state index contributed by atoms with van der Waals surface area (Å²) in [4.78, 5) is 26.5. The Bertz CT molecular complexity index is 837. The lowest BCUT2D eigenvalue weighted by molar-refractivity contribution is 0.202. The molecule has 0 spiro atoms. The predicted octanol–water partition coefficient (Wildman–Crippen LogP) is 0.687. The van der Waals surface area contributed by atoms with E-state index in [9.17, 15) is 0 Å². The van der Waals surface area contributed by atoms with Gasteiger partial charge in [-0.25, -0.2) is 15.0 Å². The monoisotopic (exact) mass is 325 g/mol. The molecular formula is C15H19N9. The Labute approximate surface area is 138 Å². The molecule has 124 valence electrons. The first kappa shape index (κ1) is 14.8. The second-order valence-corrected chi connectivity index (χ2v) is 6.08. The Morgan fingerprint density at radius 1 is 1.08 bits per heavy atom. The molecule has 0 unspecified atom stereocenters. The normalized spacial score (nSPS) is 16.7. The Hall–Kier alpha value is -2.81. The number of rotatable bonds is 3. The van der Waals surface area contributed by atoms with Gasteiger partial charge in [-0.2, -0.15) is 9.97 Å². The minimum absolute atomic E-state index is 0.151. The van der Waals surface area contributed by atoms with E-state index in [0.29, 0.717) is 22.9 Å². The van der Waals surface area contributed by atoms with Crippen molar-refractivity contribution in [3.05, 3.63) is 30.1 Å². The lowest BCUT2D eigenvalue weighted by atomic mass is 9.96. The number of anilines is 2. The average molecular weight is 325 g/mol. The topological polar surface area (TPSA) is 136 Å². The third-order valence-corrected chi connectivity index (χ3v) is 4.41. The van der Waals surface area contributed by atoms with E-state index in [1.54, 1.807) is 6.33 Å². The minimum Gasteiger partial charge on any atom is -0.382 e. The van der Waals surface area contributed by atoms with Crippen molar-refractivity contribution in [3.63, 3.8) is 0 Å². The van der Waals surface area contributed by atoms with Gasteiger partial charge in [0.2, 0.25) is 5.95 Å². The molecule has 0 radical (unpaired) electrons. The number of nitrogens with two attached hydrogens (primary N) is 2. The van der Waals surface area contributed by atoms with Crippen LogP contribution in [-0.4, -0.2) is 47.9 Å². The zero-order valence-electron chi connectivity index (χ0n) is 13.2. The fraction of sp³-hybridized carbons (Fsp3) is 0.400. The molecule has 4 rings (SSSR count). The van der Waals surface area contributed by atoms with E-state index < -0.39 is 0 Å². The van der Waals surface area contributed by atoms with Crippen molar-refractivity contribution in [2.24, 2.45) is 0 Å². The molecule has 5 N–H and O–H groups in total. The van der Waals surface area contributed by atoms with E-state index in [1.807, 2.05) is 12.4 Å². The third kappa shape index (κ3) is 2.85. The maximum absolute atomic E-state index is 5.89. The van der Waals surface area contributed by atoms with Crippen LogP contribution >= 0.6 is 0 Å². The average Bonchev–Trinajstić information content (AvgIpc) is 3.01. The molecule has 1 aliphatic rings.